The van der Waals surface area contributed by atoms with E-state index < -0.39 is 0 Å². The average Bonchev–Trinajstić information content (AvgIpc) is 3.16. The molecular formula is C13H10Cl2N4. The standard InChI is InChI=1S/C13H10Cl2N4/c14-9-3-1-2-8(12(9)15)10-6-11(17-7-4-5-7)19-13(16)18-10/h1-7H,(H3,16,17,18,19). The number of hydrogen-bond donors (Lipinski definition) is 2. The van der Waals surface area contributed by atoms with Crippen molar-refractivity contribution in [1.29, 1.82) is 0 Å². The van der Waals surface area contributed by atoms with Gasteiger partial charge in [-0.3, -0.25) is 0 Å². The number of anilines is 2. The number of rotatable bonds is 3. The third kappa shape index (κ3) is 2.64. The lowest BCUT2D eigenvalue weighted by Gasteiger charge is -2.09. The Bertz CT molecular complexity index is 664. The van der Waals surface area contributed by atoms with Gasteiger partial charge in [-0.25, -0.2) is 4.98 Å². The lowest BCUT2D eigenvalue weighted by Crippen LogP contribution is -2.07. The van der Waals surface area contributed by atoms with E-state index in [1.807, 2.05) is 24.3 Å². The Kier molecular flexibility index (Phi) is 3.05. The monoisotopic (exact) mass is 292 g/mol. The maximum absolute atomic E-state index is 6.18. The quantitative estimate of drug-likeness (QED) is 0.851. The van der Waals surface area contributed by atoms with Crippen LogP contribution >= 0.6 is 23.2 Å². The molecule has 1 heterocycles. The Morgan fingerprint density at radius 3 is 2.68 bits per heavy atom. The maximum Gasteiger partial charge on any atom is 0.222 e. The molecule has 19 heavy (non-hydrogen) atoms. The van der Waals surface area contributed by atoms with E-state index in [4.69, 9.17) is 28.9 Å². The molecule has 0 amide bonds. The minimum absolute atomic E-state index is 0.191. The number of nitrogen functional groups attached to an aromatic ring is 1. The number of aromatic nitrogens is 2. The summed E-state index contributed by atoms with van der Waals surface area (Å²) in [5, 5.41) is 4.12. The van der Waals surface area contributed by atoms with Gasteiger partial charge in [0.05, 0.1) is 21.8 Å². The fourth-order valence-corrected chi connectivity index (χ4v) is 2.10. The highest BCUT2D eigenvalue weighted by Crippen LogP contribution is 2.33. The van der Waals surface area contributed by atoms with Gasteiger partial charge in [0.15, 0.2) is 0 Å². The lowest BCUT2D eigenvalue weighted by atomic mass is 10.1. The Balaban J connectivity index is 2.03. The van der Waals surface area contributed by atoms with Crippen LogP contribution in [-0.4, -0.2) is 16.0 Å². The molecule has 1 aromatic heterocycles. The molecule has 0 radical (unpaired) electrons. The number of nitrogens with two attached hydrogens (primary N) is 1. The molecule has 96 valence electrons. The summed E-state index contributed by atoms with van der Waals surface area (Å²) in [5.41, 5.74) is 7.10. The summed E-state index contributed by atoms with van der Waals surface area (Å²) in [6.45, 7) is 0. The van der Waals surface area contributed by atoms with Crippen LogP contribution in [0.3, 0.4) is 0 Å². The molecule has 0 atom stereocenters. The Morgan fingerprint density at radius 2 is 1.95 bits per heavy atom. The molecule has 0 spiro atoms. The van der Waals surface area contributed by atoms with Crippen molar-refractivity contribution in [3.05, 3.63) is 46.5 Å². The van der Waals surface area contributed by atoms with Crippen LogP contribution < -0.4 is 11.1 Å². The van der Waals surface area contributed by atoms with E-state index in [9.17, 15) is 0 Å². The van der Waals surface area contributed by atoms with Crippen LogP contribution in [0.5, 0.6) is 0 Å². The number of nitrogens with zero attached hydrogens (tertiary/aromatic N) is 2. The minimum Gasteiger partial charge on any atom is -0.368 e. The number of hydrogen-bond acceptors (Lipinski definition) is 4. The summed E-state index contributed by atoms with van der Waals surface area (Å²) in [6.07, 6.45) is 4.04. The van der Waals surface area contributed by atoms with Gasteiger partial charge in [0.25, 0.3) is 0 Å². The van der Waals surface area contributed by atoms with Crippen LogP contribution in [0.25, 0.3) is 11.3 Å². The highest BCUT2D eigenvalue weighted by atomic mass is 35.5. The zero-order chi connectivity index (χ0) is 13.4. The van der Waals surface area contributed by atoms with Crippen molar-refractivity contribution < 1.29 is 0 Å². The molecule has 1 aliphatic carbocycles. The van der Waals surface area contributed by atoms with Crippen LogP contribution in [0, 0.1) is 0 Å². The number of halogens is 2. The third-order valence-electron chi connectivity index (χ3n) is 2.67. The Hall–Kier alpha value is -1.78. The summed E-state index contributed by atoms with van der Waals surface area (Å²) >= 11 is 12.2. The summed E-state index contributed by atoms with van der Waals surface area (Å²) in [4.78, 5) is 8.33. The molecule has 0 bridgehead atoms. The fraction of sp³-hybridized carbons (Fsp3) is 0.0769. The Morgan fingerprint density at radius 1 is 1.16 bits per heavy atom. The molecule has 2 aromatic rings. The van der Waals surface area contributed by atoms with Gasteiger partial charge in [0.2, 0.25) is 5.95 Å². The second-order valence-electron chi connectivity index (χ2n) is 4.15. The largest absolute Gasteiger partial charge is 0.368 e. The normalized spacial score (nSPS) is 13.6. The molecular weight excluding hydrogens is 283 g/mol. The summed E-state index contributed by atoms with van der Waals surface area (Å²) < 4.78 is 0. The molecule has 1 aliphatic rings. The van der Waals surface area contributed by atoms with E-state index in [2.05, 4.69) is 15.3 Å². The molecule has 6 heteroatoms. The van der Waals surface area contributed by atoms with Crippen LogP contribution in [0.4, 0.5) is 11.8 Å². The second-order valence-corrected chi connectivity index (χ2v) is 4.94. The second kappa shape index (κ2) is 4.72. The fourth-order valence-electron chi connectivity index (χ4n) is 1.70. The van der Waals surface area contributed by atoms with E-state index in [1.54, 1.807) is 12.1 Å². The maximum atomic E-state index is 6.18. The first-order valence-electron chi connectivity index (χ1n) is 5.67. The first kappa shape index (κ1) is 12.3. The highest BCUT2D eigenvalue weighted by molar-refractivity contribution is 6.43. The highest BCUT2D eigenvalue weighted by Gasteiger charge is 2.14. The summed E-state index contributed by atoms with van der Waals surface area (Å²) in [6, 6.07) is 7.43. The molecule has 0 saturated heterocycles. The van der Waals surface area contributed by atoms with E-state index in [0.29, 0.717) is 21.6 Å². The molecule has 1 aromatic carbocycles. The average molecular weight is 293 g/mol. The van der Waals surface area contributed by atoms with E-state index >= 15 is 0 Å². The van der Waals surface area contributed by atoms with Crippen molar-refractivity contribution in [2.24, 2.45) is 0 Å². The van der Waals surface area contributed by atoms with Crippen molar-refractivity contribution in [3.63, 3.8) is 0 Å². The van der Waals surface area contributed by atoms with Gasteiger partial charge in [-0.05, 0) is 6.07 Å². The minimum atomic E-state index is 0.191. The molecule has 3 rings (SSSR count). The zero-order valence-electron chi connectivity index (χ0n) is 9.77. The van der Waals surface area contributed by atoms with Gasteiger partial charge in [-0.1, -0.05) is 47.5 Å². The smallest absolute Gasteiger partial charge is 0.222 e. The van der Waals surface area contributed by atoms with Crippen LogP contribution in [0.15, 0.2) is 36.4 Å². The van der Waals surface area contributed by atoms with Crippen molar-refractivity contribution in [3.8, 4) is 11.3 Å². The van der Waals surface area contributed by atoms with Gasteiger partial charge in [0, 0.05) is 11.6 Å². The summed E-state index contributed by atoms with van der Waals surface area (Å²) in [5.74, 6) is 0.852. The van der Waals surface area contributed by atoms with Gasteiger partial charge < -0.3 is 11.1 Å². The third-order valence-corrected chi connectivity index (χ3v) is 3.49. The van der Waals surface area contributed by atoms with E-state index in [-0.39, 0.29) is 12.0 Å². The number of benzene rings is 1. The predicted octanol–water partition coefficient (Wildman–Crippen LogP) is 3.38. The first-order chi connectivity index (χ1) is 9.13. The molecule has 0 saturated carbocycles. The van der Waals surface area contributed by atoms with Gasteiger partial charge in [0.1, 0.15) is 5.82 Å². The Labute approximate surface area is 120 Å². The van der Waals surface area contributed by atoms with Crippen molar-refractivity contribution in [2.75, 3.05) is 11.1 Å². The van der Waals surface area contributed by atoms with Crippen LogP contribution in [-0.2, 0) is 0 Å². The summed E-state index contributed by atoms with van der Waals surface area (Å²) in [7, 11) is 0. The van der Waals surface area contributed by atoms with Crippen molar-refractivity contribution in [1.82, 2.24) is 9.97 Å². The van der Waals surface area contributed by atoms with Crippen LogP contribution in [0.1, 0.15) is 0 Å². The lowest BCUT2D eigenvalue weighted by molar-refractivity contribution is 1.13. The van der Waals surface area contributed by atoms with Crippen LogP contribution in [0.2, 0.25) is 10.0 Å². The van der Waals surface area contributed by atoms with Gasteiger partial charge in [-0.15, -0.1) is 0 Å². The molecule has 3 N–H and O–H groups in total. The first-order valence-corrected chi connectivity index (χ1v) is 6.43. The SMILES string of the molecule is Nc1nc(NC2C=C2)cc(-c2cccc(Cl)c2Cl)n1. The predicted molar refractivity (Wildman–Crippen MR) is 78.5 cm³/mol. The molecule has 0 unspecified atom stereocenters. The van der Waals surface area contributed by atoms with Crippen molar-refractivity contribution in [2.45, 2.75) is 6.04 Å². The van der Waals surface area contributed by atoms with Gasteiger partial charge >= 0.3 is 0 Å². The van der Waals surface area contributed by atoms with Gasteiger partial charge in [-0.2, -0.15) is 4.98 Å². The van der Waals surface area contributed by atoms with E-state index in [0.717, 1.165) is 5.56 Å². The number of nitrogens with one attached hydrogen (secondary N) is 1. The van der Waals surface area contributed by atoms with Crippen molar-refractivity contribution >= 4 is 35.0 Å². The zero-order valence-corrected chi connectivity index (χ0v) is 11.3. The molecule has 0 fully saturated rings. The molecule has 4 nitrogen and oxygen atoms in total. The molecule has 0 aliphatic heterocycles. The van der Waals surface area contributed by atoms with E-state index in [1.165, 1.54) is 0 Å². The topological polar surface area (TPSA) is 63.8 Å².